The van der Waals surface area contributed by atoms with Gasteiger partial charge >= 0.3 is 0 Å². The third kappa shape index (κ3) is 3.49. The molecule has 0 aliphatic heterocycles. The summed E-state index contributed by atoms with van der Waals surface area (Å²) >= 11 is 0. The summed E-state index contributed by atoms with van der Waals surface area (Å²) in [6.07, 6.45) is 0. The van der Waals surface area contributed by atoms with Gasteiger partial charge in [0.25, 0.3) is 0 Å². The number of benzene rings is 2. The number of carbonyl (C=O) groups excluding carboxylic acids is 1. The number of aromatic nitrogens is 2. The second kappa shape index (κ2) is 7.06. The number of fused-ring (bicyclic) bond motifs is 1. The third-order valence-corrected chi connectivity index (χ3v) is 3.53. The summed E-state index contributed by atoms with van der Waals surface area (Å²) in [7, 11) is 0. The number of nitrogens with one attached hydrogen (secondary N) is 2. The fourth-order valence-corrected chi connectivity index (χ4v) is 2.39. The van der Waals surface area contributed by atoms with Crippen molar-refractivity contribution in [1.29, 1.82) is 0 Å². The Morgan fingerprint density at radius 3 is 2.75 bits per heavy atom. The lowest BCUT2D eigenvalue weighted by atomic mass is 10.1. The summed E-state index contributed by atoms with van der Waals surface area (Å²) in [6.45, 7) is 1.95. The SMILES string of the molecule is CC(=O)c1cccc(Nc2nc(NCCO)c3ccccc3n2)c1. The van der Waals surface area contributed by atoms with Crippen LogP contribution >= 0.6 is 0 Å². The largest absolute Gasteiger partial charge is 0.395 e. The molecule has 0 saturated heterocycles. The van der Waals surface area contributed by atoms with Crippen LogP contribution < -0.4 is 10.6 Å². The number of aliphatic hydroxyl groups excluding tert-OH is 1. The van der Waals surface area contributed by atoms with Crippen molar-refractivity contribution in [3.8, 4) is 0 Å². The topological polar surface area (TPSA) is 87.1 Å². The fourth-order valence-electron chi connectivity index (χ4n) is 2.39. The molecule has 0 bridgehead atoms. The van der Waals surface area contributed by atoms with Gasteiger partial charge in [-0.1, -0.05) is 24.3 Å². The van der Waals surface area contributed by atoms with Crippen molar-refractivity contribution in [2.75, 3.05) is 23.8 Å². The molecule has 1 heterocycles. The van der Waals surface area contributed by atoms with E-state index < -0.39 is 0 Å². The molecule has 6 heteroatoms. The van der Waals surface area contributed by atoms with Gasteiger partial charge in [0.2, 0.25) is 5.95 Å². The van der Waals surface area contributed by atoms with Crippen molar-refractivity contribution >= 4 is 34.1 Å². The van der Waals surface area contributed by atoms with Gasteiger partial charge in [-0.25, -0.2) is 4.98 Å². The first-order valence-electron chi connectivity index (χ1n) is 7.67. The van der Waals surface area contributed by atoms with Crippen molar-refractivity contribution in [3.63, 3.8) is 0 Å². The molecule has 0 atom stereocenters. The average Bonchev–Trinajstić information content (AvgIpc) is 2.60. The number of ketones is 1. The Kier molecular flexibility index (Phi) is 4.67. The molecule has 0 unspecified atom stereocenters. The van der Waals surface area contributed by atoms with E-state index in [4.69, 9.17) is 5.11 Å². The van der Waals surface area contributed by atoms with Gasteiger partial charge in [0.05, 0.1) is 12.1 Å². The number of hydrogen-bond acceptors (Lipinski definition) is 6. The summed E-state index contributed by atoms with van der Waals surface area (Å²) in [5.41, 5.74) is 2.16. The first-order valence-corrected chi connectivity index (χ1v) is 7.67. The zero-order chi connectivity index (χ0) is 16.9. The van der Waals surface area contributed by atoms with Gasteiger partial charge in [-0.2, -0.15) is 4.98 Å². The van der Waals surface area contributed by atoms with Crippen LogP contribution in [0.15, 0.2) is 48.5 Å². The van der Waals surface area contributed by atoms with Crippen molar-refractivity contribution < 1.29 is 9.90 Å². The molecule has 0 aliphatic rings. The Labute approximate surface area is 139 Å². The summed E-state index contributed by atoms with van der Waals surface area (Å²) in [4.78, 5) is 20.5. The number of anilines is 3. The molecule has 1 aromatic heterocycles. The highest BCUT2D eigenvalue weighted by Gasteiger charge is 2.08. The molecule has 6 nitrogen and oxygen atoms in total. The molecule has 3 N–H and O–H groups in total. The number of nitrogens with zero attached hydrogens (tertiary/aromatic N) is 2. The smallest absolute Gasteiger partial charge is 0.229 e. The second-order valence-corrected chi connectivity index (χ2v) is 5.33. The van der Waals surface area contributed by atoms with Crippen LogP contribution in [0.3, 0.4) is 0 Å². The Morgan fingerprint density at radius 2 is 1.96 bits per heavy atom. The zero-order valence-corrected chi connectivity index (χ0v) is 13.3. The van der Waals surface area contributed by atoms with Crippen LogP contribution in [-0.4, -0.2) is 34.0 Å². The molecule has 0 saturated carbocycles. The standard InChI is InChI=1S/C18H18N4O2/c1-12(24)13-5-4-6-14(11-13)20-18-21-16-8-3-2-7-15(16)17(22-18)19-9-10-23/h2-8,11,23H,9-10H2,1H3,(H2,19,20,21,22). The first kappa shape index (κ1) is 15.9. The van der Waals surface area contributed by atoms with Gasteiger partial charge in [0, 0.05) is 23.2 Å². The lowest BCUT2D eigenvalue weighted by molar-refractivity contribution is 0.101. The fraction of sp³-hybridized carbons (Fsp3) is 0.167. The van der Waals surface area contributed by atoms with E-state index in [9.17, 15) is 4.79 Å². The van der Waals surface area contributed by atoms with E-state index in [1.165, 1.54) is 6.92 Å². The summed E-state index contributed by atoms with van der Waals surface area (Å²) in [5, 5.41) is 16.1. The molecule has 0 radical (unpaired) electrons. The van der Waals surface area contributed by atoms with Crippen molar-refractivity contribution in [2.45, 2.75) is 6.92 Å². The number of Topliss-reactive ketones (excluding diaryl/α,β-unsaturated/α-hetero) is 1. The van der Waals surface area contributed by atoms with Crippen LogP contribution in [-0.2, 0) is 0 Å². The van der Waals surface area contributed by atoms with Crippen LogP contribution in [0.25, 0.3) is 10.9 Å². The molecular weight excluding hydrogens is 304 g/mol. The van der Waals surface area contributed by atoms with E-state index in [1.807, 2.05) is 36.4 Å². The van der Waals surface area contributed by atoms with Gasteiger partial charge in [0.1, 0.15) is 5.82 Å². The van der Waals surface area contributed by atoms with Gasteiger partial charge < -0.3 is 15.7 Å². The summed E-state index contributed by atoms with van der Waals surface area (Å²) in [5.74, 6) is 1.08. The highest BCUT2D eigenvalue weighted by molar-refractivity contribution is 5.95. The predicted octanol–water partition coefficient (Wildman–Crippen LogP) is 2.98. The molecule has 122 valence electrons. The van der Waals surface area contributed by atoms with Gasteiger partial charge in [0.15, 0.2) is 5.78 Å². The monoisotopic (exact) mass is 322 g/mol. The molecule has 24 heavy (non-hydrogen) atoms. The van der Waals surface area contributed by atoms with Crippen molar-refractivity contribution in [1.82, 2.24) is 9.97 Å². The lowest BCUT2D eigenvalue weighted by Gasteiger charge is -2.11. The van der Waals surface area contributed by atoms with Gasteiger partial charge in [-0.3, -0.25) is 4.79 Å². The summed E-state index contributed by atoms with van der Waals surface area (Å²) in [6, 6.07) is 14.8. The highest BCUT2D eigenvalue weighted by Crippen LogP contribution is 2.23. The number of aliphatic hydroxyl groups is 1. The van der Waals surface area contributed by atoms with Crippen molar-refractivity contribution in [3.05, 3.63) is 54.1 Å². The van der Waals surface area contributed by atoms with Crippen molar-refractivity contribution in [2.24, 2.45) is 0 Å². The quantitative estimate of drug-likeness (QED) is 0.605. The molecule has 0 aliphatic carbocycles. The number of para-hydroxylation sites is 1. The Morgan fingerprint density at radius 1 is 1.12 bits per heavy atom. The average molecular weight is 322 g/mol. The van der Waals surface area contributed by atoms with Gasteiger partial charge in [-0.15, -0.1) is 0 Å². The van der Waals surface area contributed by atoms with Crippen LogP contribution in [0, 0.1) is 0 Å². The van der Waals surface area contributed by atoms with E-state index in [2.05, 4.69) is 20.6 Å². The predicted molar refractivity (Wildman–Crippen MR) is 94.8 cm³/mol. The first-order chi connectivity index (χ1) is 11.7. The lowest BCUT2D eigenvalue weighted by Crippen LogP contribution is -2.09. The highest BCUT2D eigenvalue weighted by atomic mass is 16.3. The maximum atomic E-state index is 11.5. The van der Waals surface area contributed by atoms with Crippen LogP contribution in [0.5, 0.6) is 0 Å². The maximum Gasteiger partial charge on any atom is 0.229 e. The molecule has 0 fully saturated rings. The third-order valence-electron chi connectivity index (χ3n) is 3.53. The van der Waals surface area contributed by atoms with Crippen LogP contribution in [0.1, 0.15) is 17.3 Å². The van der Waals surface area contributed by atoms with E-state index in [1.54, 1.807) is 12.1 Å². The minimum absolute atomic E-state index is 0.00313. The number of carbonyl (C=O) groups is 1. The molecule has 0 spiro atoms. The minimum Gasteiger partial charge on any atom is -0.395 e. The molecule has 0 amide bonds. The van der Waals surface area contributed by atoms with E-state index in [0.29, 0.717) is 23.9 Å². The van der Waals surface area contributed by atoms with Crippen LogP contribution in [0.4, 0.5) is 17.5 Å². The molecule has 3 rings (SSSR count). The zero-order valence-electron chi connectivity index (χ0n) is 13.3. The Balaban J connectivity index is 1.97. The minimum atomic E-state index is 0.00313. The van der Waals surface area contributed by atoms with E-state index in [-0.39, 0.29) is 12.4 Å². The number of hydrogen-bond donors (Lipinski definition) is 3. The summed E-state index contributed by atoms with van der Waals surface area (Å²) < 4.78 is 0. The molecule has 3 aromatic rings. The van der Waals surface area contributed by atoms with E-state index >= 15 is 0 Å². The second-order valence-electron chi connectivity index (χ2n) is 5.33. The Hall–Kier alpha value is -2.99. The van der Waals surface area contributed by atoms with Gasteiger partial charge in [-0.05, 0) is 31.2 Å². The molecular formula is C18H18N4O2. The number of rotatable bonds is 6. The molecule has 2 aromatic carbocycles. The normalized spacial score (nSPS) is 10.6. The maximum absolute atomic E-state index is 11.5. The Bertz CT molecular complexity index is 880. The van der Waals surface area contributed by atoms with Crippen LogP contribution in [0.2, 0.25) is 0 Å². The van der Waals surface area contributed by atoms with E-state index in [0.717, 1.165) is 16.6 Å².